The van der Waals surface area contributed by atoms with Crippen molar-refractivity contribution in [2.24, 2.45) is 0 Å². The second-order valence-corrected chi connectivity index (χ2v) is 5.03. The van der Waals surface area contributed by atoms with E-state index in [9.17, 15) is 0 Å². The lowest BCUT2D eigenvalue weighted by atomic mass is 10.1. The van der Waals surface area contributed by atoms with Crippen molar-refractivity contribution in [1.82, 2.24) is 0 Å². The summed E-state index contributed by atoms with van der Waals surface area (Å²) in [7, 11) is 0. The van der Waals surface area contributed by atoms with Crippen LogP contribution in [0, 0.1) is 13.8 Å². The molecule has 0 amide bonds. The maximum absolute atomic E-state index is 2.22. The van der Waals surface area contributed by atoms with Crippen LogP contribution in [0.5, 0.6) is 0 Å². The highest BCUT2D eigenvalue weighted by Crippen LogP contribution is 2.36. The summed E-state index contributed by atoms with van der Waals surface area (Å²) >= 11 is 1.91. The Morgan fingerprint density at radius 2 is 1.20 bits per heavy atom. The Morgan fingerprint density at radius 3 is 1.67 bits per heavy atom. The zero-order valence-corrected chi connectivity index (χ0v) is 9.69. The molecule has 0 N–H and O–H groups in total. The van der Waals surface area contributed by atoms with Gasteiger partial charge in [0.25, 0.3) is 0 Å². The first-order valence-electron chi connectivity index (χ1n) is 5.15. The SMILES string of the molecule is Cc1cccc2c1sc1c(C)cccc12. The quantitative estimate of drug-likeness (QED) is 0.508. The van der Waals surface area contributed by atoms with Crippen molar-refractivity contribution in [3.05, 3.63) is 47.5 Å². The number of thiophene rings is 1. The molecule has 3 rings (SSSR count). The van der Waals surface area contributed by atoms with Crippen molar-refractivity contribution in [3.63, 3.8) is 0 Å². The van der Waals surface area contributed by atoms with Gasteiger partial charge >= 0.3 is 0 Å². The van der Waals surface area contributed by atoms with Crippen LogP contribution in [0.1, 0.15) is 11.1 Å². The molecule has 0 nitrogen and oxygen atoms in total. The van der Waals surface area contributed by atoms with Crippen molar-refractivity contribution >= 4 is 31.5 Å². The molecule has 0 aliphatic rings. The molecule has 0 atom stereocenters. The normalized spacial score (nSPS) is 11.3. The average Bonchev–Trinajstić information content (AvgIpc) is 2.60. The first-order chi connectivity index (χ1) is 7.27. The van der Waals surface area contributed by atoms with Gasteiger partial charge in [-0.25, -0.2) is 0 Å². The largest absolute Gasteiger partial charge is 0.135 e. The third-order valence-corrected chi connectivity index (χ3v) is 4.41. The molecule has 0 bridgehead atoms. The van der Waals surface area contributed by atoms with Crippen molar-refractivity contribution < 1.29 is 0 Å². The number of benzene rings is 2. The van der Waals surface area contributed by atoms with Crippen molar-refractivity contribution in [1.29, 1.82) is 0 Å². The number of rotatable bonds is 0. The van der Waals surface area contributed by atoms with E-state index in [1.807, 2.05) is 11.3 Å². The first kappa shape index (κ1) is 8.93. The number of fused-ring (bicyclic) bond motifs is 3. The molecule has 3 aromatic rings. The Morgan fingerprint density at radius 1 is 0.733 bits per heavy atom. The fraction of sp³-hybridized carbons (Fsp3) is 0.143. The van der Waals surface area contributed by atoms with Gasteiger partial charge in [-0.2, -0.15) is 0 Å². The van der Waals surface area contributed by atoms with Gasteiger partial charge in [-0.05, 0) is 25.0 Å². The van der Waals surface area contributed by atoms with Crippen molar-refractivity contribution in [3.8, 4) is 0 Å². The van der Waals surface area contributed by atoms with Crippen molar-refractivity contribution in [2.75, 3.05) is 0 Å². The van der Waals surface area contributed by atoms with Gasteiger partial charge in [0.05, 0.1) is 0 Å². The molecule has 2 aromatic carbocycles. The highest BCUT2D eigenvalue weighted by Gasteiger charge is 2.07. The summed E-state index contributed by atoms with van der Waals surface area (Å²) < 4.78 is 2.86. The number of hydrogen-bond acceptors (Lipinski definition) is 1. The zero-order valence-electron chi connectivity index (χ0n) is 8.87. The highest BCUT2D eigenvalue weighted by atomic mass is 32.1. The maximum atomic E-state index is 2.22. The van der Waals surface area contributed by atoms with Gasteiger partial charge in [0.1, 0.15) is 0 Å². The summed E-state index contributed by atoms with van der Waals surface area (Å²) in [4.78, 5) is 0. The first-order valence-corrected chi connectivity index (χ1v) is 5.96. The molecule has 1 heteroatoms. The Hall–Kier alpha value is -1.34. The Kier molecular flexibility index (Phi) is 1.83. The van der Waals surface area contributed by atoms with Gasteiger partial charge < -0.3 is 0 Å². The molecule has 1 heterocycles. The predicted octanol–water partition coefficient (Wildman–Crippen LogP) is 4.67. The van der Waals surface area contributed by atoms with Gasteiger partial charge in [0, 0.05) is 20.2 Å². The molecule has 0 aliphatic heterocycles. The van der Waals surface area contributed by atoms with E-state index in [0.717, 1.165) is 0 Å². The van der Waals surface area contributed by atoms with Crippen LogP contribution >= 0.6 is 11.3 Å². The summed E-state index contributed by atoms with van der Waals surface area (Å²) in [5, 5.41) is 2.80. The summed E-state index contributed by atoms with van der Waals surface area (Å²) in [6.07, 6.45) is 0. The van der Waals surface area contributed by atoms with Gasteiger partial charge in [0.2, 0.25) is 0 Å². The minimum absolute atomic E-state index is 1.38. The monoisotopic (exact) mass is 212 g/mol. The van der Waals surface area contributed by atoms with Gasteiger partial charge in [-0.3, -0.25) is 0 Å². The van der Waals surface area contributed by atoms with Crippen LogP contribution in [-0.2, 0) is 0 Å². The molecule has 0 radical (unpaired) electrons. The summed E-state index contributed by atoms with van der Waals surface area (Å²) in [5.74, 6) is 0. The molecule has 0 spiro atoms. The van der Waals surface area contributed by atoms with Crippen LogP contribution < -0.4 is 0 Å². The Bertz CT molecular complexity index is 591. The topological polar surface area (TPSA) is 0 Å². The molecule has 0 fully saturated rings. The molecule has 1 aromatic heterocycles. The lowest BCUT2D eigenvalue weighted by Crippen LogP contribution is -1.71. The summed E-state index contributed by atoms with van der Waals surface area (Å²) in [6.45, 7) is 4.38. The molecule has 0 aliphatic carbocycles. The second-order valence-electron chi connectivity index (χ2n) is 4.01. The highest BCUT2D eigenvalue weighted by molar-refractivity contribution is 7.26. The molecular formula is C14H12S. The van der Waals surface area contributed by atoms with Gasteiger partial charge in [-0.15, -0.1) is 11.3 Å². The molecular weight excluding hydrogens is 200 g/mol. The Balaban J connectivity index is 2.63. The van der Waals surface area contributed by atoms with Gasteiger partial charge in [0.15, 0.2) is 0 Å². The van der Waals surface area contributed by atoms with Crippen LogP contribution in [-0.4, -0.2) is 0 Å². The van der Waals surface area contributed by atoms with Crippen LogP contribution in [0.15, 0.2) is 36.4 Å². The lowest BCUT2D eigenvalue weighted by molar-refractivity contribution is 1.56. The minimum Gasteiger partial charge on any atom is -0.135 e. The van der Waals surface area contributed by atoms with E-state index < -0.39 is 0 Å². The van der Waals surface area contributed by atoms with Gasteiger partial charge in [-0.1, -0.05) is 36.4 Å². The summed E-state index contributed by atoms with van der Waals surface area (Å²) in [5.41, 5.74) is 2.77. The third kappa shape index (κ3) is 1.20. The molecule has 74 valence electrons. The van der Waals surface area contributed by atoms with Crippen LogP contribution in [0.25, 0.3) is 20.2 Å². The fourth-order valence-electron chi connectivity index (χ4n) is 2.10. The fourth-order valence-corrected chi connectivity index (χ4v) is 3.34. The van der Waals surface area contributed by atoms with Crippen LogP contribution in [0.2, 0.25) is 0 Å². The average molecular weight is 212 g/mol. The second kappa shape index (κ2) is 3.07. The number of hydrogen-bond donors (Lipinski definition) is 0. The standard InChI is InChI=1S/C14H12S/c1-9-5-3-7-11-12-8-4-6-10(2)14(12)15-13(9)11/h3-8H,1-2H3. The van der Waals surface area contributed by atoms with E-state index in [2.05, 4.69) is 50.2 Å². The zero-order chi connectivity index (χ0) is 10.4. The van der Waals surface area contributed by atoms with E-state index in [1.165, 1.54) is 31.3 Å². The van der Waals surface area contributed by atoms with E-state index in [-0.39, 0.29) is 0 Å². The third-order valence-electron chi connectivity index (χ3n) is 2.92. The van der Waals surface area contributed by atoms with Crippen LogP contribution in [0.3, 0.4) is 0 Å². The minimum atomic E-state index is 1.38. The van der Waals surface area contributed by atoms with E-state index in [0.29, 0.717) is 0 Å². The summed E-state index contributed by atoms with van der Waals surface area (Å²) in [6, 6.07) is 13.1. The van der Waals surface area contributed by atoms with E-state index >= 15 is 0 Å². The van der Waals surface area contributed by atoms with Crippen LogP contribution in [0.4, 0.5) is 0 Å². The van der Waals surface area contributed by atoms with Crippen molar-refractivity contribution in [2.45, 2.75) is 13.8 Å². The Labute approximate surface area is 93.2 Å². The lowest BCUT2D eigenvalue weighted by Gasteiger charge is -1.94. The molecule has 0 unspecified atom stereocenters. The number of aryl methyl sites for hydroxylation is 2. The van der Waals surface area contributed by atoms with E-state index in [4.69, 9.17) is 0 Å². The molecule has 0 saturated heterocycles. The predicted molar refractivity (Wildman–Crippen MR) is 68.8 cm³/mol. The maximum Gasteiger partial charge on any atom is 0.0384 e. The van der Waals surface area contributed by atoms with E-state index in [1.54, 1.807) is 0 Å². The molecule has 0 saturated carbocycles. The smallest absolute Gasteiger partial charge is 0.0384 e. The molecule has 15 heavy (non-hydrogen) atoms.